The molecule has 118 valence electrons. The Kier molecular flexibility index (Phi) is 5.69. The van der Waals surface area contributed by atoms with Crippen molar-refractivity contribution in [1.29, 1.82) is 5.26 Å². The zero-order valence-electron chi connectivity index (χ0n) is 12.6. The van der Waals surface area contributed by atoms with E-state index in [1.54, 1.807) is 30.3 Å². The lowest BCUT2D eigenvalue weighted by molar-refractivity contribution is -0.885. The summed E-state index contributed by atoms with van der Waals surface area (Å²) in [5.74, 6) is -0.438. The quantitative estimate of drug-likeness (QED) is 0.880. The van der Waals surface area contributed by atoms with Gasteiger partial charge in [-0.15, -0.1) is 0 Å². The van der Waals surface area contributed by atoms with Gasteiger partial charge in [-0.3, -0.25) is 4.79 Å². The third-order valence-electron chi connectivity index (χ3n) is 3.25. The van der Waals surface area contributed by atoms with E-state index < -0.39 is 0 Å². The van der Waals surface area contributed by atoms with Crippen molar-refractivity contribution in [3.05, 3.63) is 64.4 Å². The van der Waals surface area contributed by atoms with E-state index in [1.807, 2.05) is 13.1 Å². The number of quaternary nitrogens is 1. The van der Waals surface area contributed by atoms with Crippen LogP contribution in [-0.2, 0) is 11.3 Å². The Bertz CT molecular complexity index is 740. The summed E-state index contributed by atoms with van der Waals surface area (Å²) in [4.78, 5) is 13.0. The molecule has 2 N–H and O–H groups in total. The number of benzene rings is 2. The number of amides is 1. The molecule has 1 amide bonds. The topological polar surface area (TPSA) is 57.3 Å². The molecule has 0 aliphatic carbocycles. The molecule has 2 aromatic carbocycles. The Labute approximate surface area is 139 Å². The van der Waals surface area contributed by atoms with Crippen LogP contribution in [0.15, 0.2) is 42.5 Å². The average Bonchev–Trinajstić information content (AvgIpc) is 2.49. The number of nitrogens with one attached hydrogen (secondary N) is 2. The molecule has 0 spiro atoms. The normalized spacial score (nSPS) is 11.6. The Morgan fingerprint density at radius 2 is 2.00 bits per heavy atom. The van der Waals surface area contributed by atoms with Crippen LogP contribution in [-0.4, -0.2) is 19.5 Å². The zero-order valence-corrected chi connectivity index (χ0v) is 13.3. The molecule has 0 fully saturated rings. The number of hydrogen-bond acceptors (Lipinski definition) is 2. The van der Waals surface area contributed by atoms with Crippen LogP contribution in [0.4, 0.5) is 10.1 Å². The molecule has 23 heavy (non-hydrogen) atoms. The fourth-order valence-electron chi connectivity index (χ4n) is 2.18. The molecule has 0 radical (unpaired) electrons. The van der Waals surface area contributed by atoms with E-state index in [-0.39, 0.29) is 18.3 Å². The van der Waals surface area contributed by atoms with Gasteiger partial charge in [0, 0.05) is 11.3 Å². The highest BCUT2D eigenvalue weighted by Crippen LogP contribution is 2.19. The Balaban J connectivity index is 1.90. The predicted molar refractivity (Wildman–Crippen MR) is 86.7 cm³/mol. The summed E-state index contributed by atoms with van der Waals surface area (Å²) >= 11 is 5.93. The summed E-state index contributed by atoms with van der Waals surface area (Å²) in [6, 6.07) is 12.9. The summed E-state index contributed by atoms with van der Waals surface area (Å²) in [5.41, 5.74) is 1.87. The van der Waals surface area contributed by atoms with Crippen LogP contribution in [0.25, 0.3) is 0 Å². The zero-order chi connectivity index (χ0) is 16.8. The first kappa shape index (κ1) is 16.9. The molecule has 2 rings (SSSR count). The predicted octanol–water partition coefficient (Wildman–Crippen LogP) is 2.00. The van der Waals surface area contributed by atoms with Gasteiger partial charge < -0.3 is 10.2 Å². The van der Waals surface area contributed by atoms with Crippen molar-refractivity contribution in [2.45, 2.75) is 6.54 Å². The van der Waals surface area contributed by atoms with Gasteiger partial charge in [0.1, 0.15) is 18.4 Å². The molecule has 0 heterocycles. The van der Waals surface area contributed by atoms with E-state index >= 15 is 0 Å². The molecule has 6 heteroatoms. The first-order chi connectivity index (χ1) is 11.0. The van der Waals surface area contributed by atoms with Gasteiger partial charge in [0.15, 0.2) is 6.54 Å². The van der Waals surface area contributed by atoms with E-state index in [4.69, 9.17) is 16.9 Å². The lowest BCUT2D eigenvalue weighted by Gasteiger charge is -2.14. The minimum absolute atomic E-state index is 0.162. The van der Waals surface area contributed by atoms with Crippen LogP contribution in [0.5, 0.6) is 0 Å². The molecular formula is C17H16ClFN3O+. The average molecular weight is 333 g/mol. The van der Waals surface area contributed by atoms with Crippen molar-refractivity contribution in [3.8, 4) is 6.07 Å². The standard InChI is InChI=1S/C17H15ClFN3O/c1-22(10-12-2-5-14(19)6-3-12)11-17(23)21-15-7-4-13(9-20)16(18)8-15/h2-8H,10-11H2,1H3,(H,21,23)/p+1. The second-order valence-corrected chi connectivity index (χ2v) is 5.70. The van der Waals surface area contributed by atoms with Crippen LogP contribution in [0.3, 0.4) is 0 Å². The lowest BCUT2D eigenvalue weighted by Crippen LogP contribution is -3.08. The third kappa shape index (κ3) is 5.06. The minimum atomic E-state index is -0.276. The van der Waals surface area contributed by atoms with Crippen molar-refractivity contribution in [1.82, 2.24) is 0 Å². The molecular weight excluding hydrogens is 317 g/mol. The number of anilines is 1. The molecule has 0 saturated carbocycles. The van der Waals surface area contributed by atoms with Gasteiger partial charge in [0.05, 0.1) is 17.6 Å². The summed E-state index contributed by atoms with van der Waals surface area (Å²) in [7, 11) is 1.88. The third-order valence-corrected chi connectivity index (χ3v) is 3.57. The van der Waals surface area contributed by atoms with E-state index in [9.17, 15) is 9.18 Å². The van der Waals surface area contributed by atoms with Crippen molar-refractivity contribution in [2.75, 3.05) is 18.9 Å². The van der Waals surface area contributed by atoms with Crippen molar-refractivity contribution >= 4 is 23.2 Å². The van der Waals surface area contributed by atoms with Gasteiger partial charge in [0.2, 0.25) is 0 Å². The van der Waals surface area contributed by atoms with Crippen molar-refractivity contribution < 1.29 is 14.1 Å². The number of hydrogen-bond donors (Lipinski definition) is 2. The molecule has 1 atom stereocenters. The monoisotopic (exact) mass is 332 g/mol. The fraction of sp³-hybridized carbons (Fsp3) is 0.176. The first-order valence-corrected chi connectivity index (χ1v) is 7.41. The van der Waals surface area contributed by atoms with Crippen LogP contribution >= 0.6 is 11.6 Å². The number of likely N-dealkylation sites (N-methyl/N-ethyl adjacent to an activating group) is 1. The van der Waals surface area contributed by atoms with Gasteiger partial charge in [0.25, 0.3) is 5.91 Å². The highest BCUT2D eigenvalue weighted by molar-refractivity contribution is 6.32. The molecule has 0 aliphatic rings. The maximum Gasteiger partial charge on any atom is 0.279 e. The fourth-order valence-corrected chi connectivity index (χ4v) is 2.40. The van der Waals surface area contributed by atoms with Crippen LogP contribution in [0.2, 0.25) is 5.02 Å². The molecule has 0 aliphatic heterocycles. The summed E-state index contributed by atoms with van der Waals surface area (Å²) in [5, 5.41) is 11.9. The first-order valence-electron chi connectivity index (χ1n) is 7.03. The number of rotatable bonds is 5. The molecule has 0 saturated heterocycles. The van der Waals surface area contributed by atoms with E-state index in [1.165, 1.54) is 12.1 Å². The van der Waals surface area contributed by atoms with Gasteiger partial charge in [-0.2, -0.15) is 5.26 Å². The van der Waals surface area contributed by atoms with Crippen molar-refractivity contribution in [3.63, 3.8) is 0 Å². The Morgan fingerprint density at radius 1 is 1.30 bits per heavy atom. The Hall–Kier alpha value is -2.42. The summed E-state index contributed by atoms with van der Waals surface area (Å²) < 4.78 is 12.9. The highest BCUT2D eigenvalue weighted by atomic mass is 35.5. The molecule has 0 aromatic heterocycles. The lowest BCUT2D eigenvalue weighted by atomic mass is 10.2. The minimum Gasteiger partial charge on any atom is -0.326 e. The second kappa shape index (κ2) is 7.73. The summed E-state index contributed by atoms with van der Waals surface area (Å²) in [6.45, 7) is 0.872. The Morgan fingerprint density at radius 3 is 2.61 bits per heavy atom. The van der Waals surface area contributed by atoms with Crippen LogP contribution in [0, 0.1) is 17.1 Å². The smallest absolute Gasteiger partial charge is 0.279 e. The second-order valence-electron chi connectivity index (χ2n) is 5.29. The largest absolute Gasteiger partial charge is 0.326 e. The number of carbonyl (C=O) groups is 1. The molecule has 4 nitrogen and oxygen atoms in total. The summed E-state index contributed by atoms with van der Waals surface area (Å²) in [6.07, 6.45) is 0. The van der Waals surface area contributed by atoms with Crippen molar-refractivity contribution in [2.24, 2.45) is 0 Å². The van der Waals surface area contributed by atoms with Gasteiger partial charge in [-0.25, -0.2) is 4.39 Å². The van der Waals surface area contributed by atoms with E-state index in [0.717, 1.165) is 10.5 Å². The molecule has 0 bridgehead atoms. The SMILES string of the molecule is C[NH+](CC(=O)Nc1ccc(C#N)c(Cl)c1)Cc1ccc(F)cc1. The van der Waals surface area contributed by atoms with Gasteiger partial charge in [-0.05, 0) is 30.3 Å². The van der Waals surface area contributed by atoms with Crippen LogP contribution < -0.4 is 10.2 Å². The van der Waals surface area contributed by atoms with Gasteiger partial charge in [-0.1, -0.05) is 23.7 Å². The van der Waals surface area contributed by atoms with Crippen LogP contribution in [0.1, 0.15) is 11.1 Å². The number of nitrogens with zero attached hydrogens (tertiary/aromatic N) is 1. The molecule has 2 aromatic rings. The van der Waals surface area contributed by atoms with E-state index in [2.05, 4.69) is 5.32 Å². The highest BCUT2D eigenvalue weighted by Gasteiger charge is 2.12. The number of nitriles is 1. The maximum absolute atomic E-state index is 12.9. The number of carbonyl (C=O) groups excluding carboxylic acids is 1. The maximum atomic E-state index is 12.9. The van der Waals surface area contributed by atoms with Gasteiger partial charge >= 0.3 is 0 Å². The van der Waals surface area contributed by atoms with E-state index in [0.29, 0.717) is 22.8 Å². The number of halogens is 2. The molecule has 1 unspecified atom stereocenters.